The molecule has 0 aliphatic heterocycles. The number of halogens is 1. The summed E-state index contributed by atoms with van der Waals surface area (Å²) in [5, 5.41) is 6.12. The molecule has 0 saturated carbocycles. The van der Waals surface area contributed by atoms with Crippen LogP contribution in [0, 0.1) is 0 Å². The lowest BCUT2D eigenvalue weighted by Crippen LogP contribution is -2.38. The van der Waals surface area contributed by atoms with Crippen molar-refractivity contribution in [3.8, 4) is 5.75 Å². The number of nitrogens with one attached hydrogen (secondary N) is 2. The van der Waals surface area contributed by atoms with Crippen molar-refractivity contribution < 1.29 is 9.53 Å². The Hall–Kier alpha value is -2.20. The van der Waals surface area contributed by atoms with E-state index in [1.165, 1.54) is 0 Å². The highest BCUT2D eigenvalue weighted by Gasteiger charge is 2.08. The van der Waals surface area contributed by atoms with E-state index in [1.807, 2.05) is 37.3 Å². The second-order valence-corrected chi connectivity index (χ2v) is 4.96. The Balaban J connectivity index is 1.73. The second-order valence-electron chi connectivity index (χ2n) is 4.53. The van der Waals surface area contributed by atoms with Gasteiger partial charge in [0.25, 0.3) is 0 Å². The summed E-state index contributed by atoms with van der Waals surface area (Å²) in [7, 11) is 0. The van der Waals surface area contributed by atoms with E-state index in [1.54, 1.807) is 24.3 Å². The third-order valence-electron chi connectivity index (χ3n) is 2.93. The number of urea groups is 1. The summed E-state index contributed by atoms with van der Waals surface area (Å²) in [4.78, 5) is 11.7. The SMILES string of the molecule is CC(NC(=O)NCOc1ccc(Cl)cc1)c1ccccc1. The first-order chi connectivity index (χ1) is 10.1. The van der Waals surface area contributed by atoms with Crippen molar-refractivity contribution in [2.24, 2.45) is 0 Å². The number of benzene rings is 2. The van der Waals surface area contributed by atoms with Gasteiger partial charge in [-0.1, -0.05) is 41.9 Å². The normalized spacial score (nSPS) is 11.5. The van der Waals surface area contributed by atoms with Gasteiger partial charge in [-0.3, -0.25) is 0 Å². The average molecular weight is 305 g/mol. The molecule has 2 rings (SSSR count). The summed E-state index contributed by atoms with van der Waals surface area (Å²) < 4.78 is 5.39. The van der Waals surface area contributed by atoms with Crippen LogP contribution < -0.4 is 15.4 Å². The predicted octanol–water partition coefficient (Wildman–Crippen LogP) is 3.74. The monoisotopic (exact) mass is 304 g/mol. The van der Waals surface area contributed by atoms with Gasteiger partial charge >= 0.3 is 6.03 Å². The molecule has 0 aliphatic rings. The van der Waals surface area contributed by atoms with Gasteiger partial charge in [0.05, 0.1) is 6.04 Å². The number of hydrogen-bond donors (Lipinski definition) is 2. The summed E-state index contributed by atoms with van der Waals surface area (Å²) in [5.41, 5.74) is 1.05. The maximum absolute atomic E-state index is 11.7. The van der Waals surface area contributed by atoms with Crippen molar-refractivity contribution in [1.29, 1.82) is 0 Å². The number of ether oxygens (including phenoxy) is 1. The fourth-order valence-electron chi connectivity index (χ4n) is 1.79. The van der Waals surface area contributed by atoms with Crippen LogP contribution in [-0.2, 0) is 0 Å². The molecule has 0 radical (unpaired) electrons. The molecule has 0 spiro atoms. The third-order valence-corrected chi connectivity index (χ3v) is 3.18. The molecule has 2 aromatic carbocycles. The Morgan fingerprint density at radius 2 is 1.81 bits per heavy atom. The molecule has 21 heavy (non-hydrogen) atoms. The Labute approximate surface area is 129 Å². The maximum Gasteiger partial charge on any atom is 0.317 e. The number of hydrogen-bond acceptors (Lipinski definition) is 2. The van der Waals surface area contributed by atoms with Crippen LogP contribution in [-0.4, -0.2) is 12.8 Å². The Bertz CT molecular complexity index is 573. The maximum atomic E-state index is 11.7. The van der Waals surface area contributed by atoms with E-state index in [4.69, 9.17) is 16.3 Å². The molecule has 2 N–H and O–H groups in total. The molecule has 2 aromatic rings. The lowest BCUT2D eigenvalue weighted by Gasteiger charge is -2.15. The molecule has 0 heterocycles. The minimum absolute atomic E-state index is 0.0678. The van der Waals surface area contributed by atoms with Crippen molar-refractivity contribution in [1.82, 2.24) is 10.6 Å². The van der Waals surface area contributed by atoms with Crippen LogP contribution in [0.15, 0.2) is 54.6 Å². The van der Waals surface area contributed by atoms with Crippen molar-refractivity contribution in [3.63, 3.8) is 0 Å². The van der Waals surface area contributed by atoms with Crippen LogP contribution in [0.25, 0.3) is 0 Å². The van der Waals surface area contributed by atoms with E-state index >= 15 is 0 Å². The van der Waals surface area contributed by atoms with Gasteiger partial charge in [-0.2, -0.15) is 0 Å². The quantitative estimate of drug-likeness (QED) is 0.827. The number of rotatable bonds is 5. The summed E-state index contributed by atoms with van der Waals surface area (Å²) in [6.45, 7) is 2.02. The Morgan fingerprint density at radius 3 is 2.48 bits per heavy atom. The molecule has 0 aromatic heterocycles. The molecular weight excluding hydrogens is 288 g/mol. The highest BCUT2D eigenvalue weighted by Crippen LogP contribution is 2.15. The first-order valence-corrected chi connectivity index (χ1v) is 7.00. The zero-order chi connectivity index (χ0) is 15.1. The molecule has 0 fully saturated rings. The van der Waals surface area contributed by atoms with Crippen LogP contribution in [0.4, 0.5) is 4.79 Å². The highest BCUT2D eigenvalue weighted by atomic mass is 35.5. The van der Waals surface area contributed by atoms with E-state index in [0.717, 1.165) is 5.56 Å². The van der Waals surface area contributed by atoms with Gasteiger partial charge in [-0.25, -0.2) is 4.79 Å². The van der Waals surface area contributed by atoms with Crippen LogP contribution in [0.2, 0.25) is 5.02 Å². The minimum Gasteiger partial charge on any atom is -0.473 e. The van der Waals surface area contributed by atoms with E-state index in [2.05, 4.69) is 10.6 Å². The number of carbonyl (C=O) groups is 1. The zero-order valence-electron chi connectivity index (χ0n) is 11.7. The van der Waals surface area contributed by atoms with Crippen LogP contribution in [0.5, 0.6) is 5.75 Å². The molecule has 5 heteroatoms. The molecule has 2 amide bonds. The Morgan fingerprint density at radius 1 is 1.14 bits per heavy atom. The first-order valence-electron chi connectivity index (χ1n) is 6.63. The van der Waals surface area contributed by atoms with Crippen LogP contribution in [0.3, 0.4) is 0 Å². The van der Waals surface area contributed by atoms with Crippen molar-refractivity contribution in [2.75, 3.05) is 6.73 Å². The summed E-state index contributed by atoms with van der Waals surface area (Å²) >= 11 is 5.78. The molecular formula is C16H17ClN2O2. The lowest BCUT2D eigenvalue weighted by atomic mass is 10.1. The molecule has 4 nitrogen and oxygen atoms in total. The van der Waals surface area contributed by atoms with E-state index in [-0.39, 0.29) is 18.8 Å². The van der Waals surface area contributed by atoms with Gasteiger partial charge in [0, 0.05) is 5.02 Å². The smallest absolute Gasteiger partial charge is 0.317 e. The van der Waals surface area contributed by atoms with Gasteiger partial charge in [-0.15, -0.1) is 0 Å². The molecule has 0 bridgehead atoms. The molecule has 0 aliphatic carbocycles. The molecule has 0 saturated heterocycles. The van der Waals surface area contributed by atoms with Gasteiger partial charge in [-0.05, 0) is 36.8 Å². The average Bonchev–Trinajstić information content (AvgIpc) is 2.50. The lowest BCUT2D eigenvalue weighted by molar-refractivity contribution is 0.221. The van der Waals surface area contributed by atoms with E-state index < -0.39 is 0 Å². The van der Waals surface area contributed by atoms with Crippen molar-refractivity contribution in [3.05, 3.63) is 65.2 Å². The van der Waals surface area contributed by atoms with Gasteiger partial charge in [0.15, 0.2) is 6.73 Å². The van der Waals surface area contributed by atoms with E-state index in [0.29, 0.717) is 10.8 Å². The fraction of sp³-hybridized carbons (Fsp3) is 0.188. The van der Waals surface area contributed by atoms with Crippen LogP contribution in [0.1, 0.15) is 18.5 Å². The molecule has 1 unspecified atom stereocenters. The molecule has 110 valence electrons. The first kappa shape index (κ1) is 15.2. The topological polar surface area (TPSA) is 50.4 Å². The number of carbonyl (C=O) groups excluding carboxylic acids is 1. The molecule has 1 atom stereocenters. The van der Waals surface area contributed by atoms with Crippen LogP contribution >= 0.6 is 11.6 Å². The third kappa shape index (κ3) is 5.00. The highest BCUT2D eigenvalue weighted by molar-refractivity contribution is 6.30. The number of amides is 2. The Kier molecular flexibility index (Phi) is 5.46. The van der Waals surface area contributed by atoms with E-state index in [9.17, 15) is 4.79 Å². The van der Waals surface area contributed by atoms with Gasteiger partial charge in [0.2, 0.25) is 0 Å². The zero-order valence-corrected chi connectivity index (χ0v) is 12.4. The summed E-state index contributed by atoms with van der Waals surface area (Å²) in [6.07, 6.45) is 0. The standard InChI is InChI=1S/C16H17ClN2O2/c1-12(13-5-3-2-4-6-13)19-16(20)18-11-21-15-9-7-14(17)8-10-15/h2-10,12H,11H2,1H3,(H2,18,19,20). The van der Waals surface area contributed by atoms with Gasteiger partial charge < -0.3 is 15.4 Å². The van der Waals surface area contributed by atoms with Crippen molar-refractivity contribution >= 4 is 17.6 Å². The largest absolute Gasteiger partial charge is 0.473 e. The fourth-order valence-corrected chi connectivity index (χ4v) is 1.91. The summed E-state index contributed by atoms with van der Waals surface area (Å²) in [5.74, 6) is 0.649. The predicted molar refractivity (Wildman–Crippen MR) is 83.5 cm³/mol. The summed E-state index contributed by atoms with van der Waals surface area (Å²) in [6, 6.07) is 16.4. The van der Waals surface area contributed by atoms with Gasteiger partial charge in [0.1, 0.15) is 5.75 Å². The van der Waals surface area contributed by atoms with Crippen molar-refractivity contribution in [2.45, 2.75) is 13.0 Å². The minimum atomic E-state index is -0.277. The second kappa shape index (κ2) is 7.55.